The third-order valence-corrected chi connectivity index (χ3v) is 3.90. The summed E-state index contributed by atoms with van der Waals surface area (Å²) in [6.45, 7) is 4.63. The summed E-state index contributed by atoms with van der Waals surface area (Å²) in [7, 11) is 2.00. The highest BCUT2D eigenvalue weighted by molar-refractivity contribution is 4.97. The summed E-state index contributed by atoms with van der Waals surface area (Å²) >= 11 is 0. The van der Waals surface area contributed by atoms with Gasteiger partial charge in [0.15, 0.2) is 0 Å². The molecule has 1 aliphatic heterocycles. The molecule has 17 heavy (non-hydrogen) atoms. The van der Waals surface area contributed by atoms with Gasteiger partial charge in [0.25, 0.3) is 0 Å². The molecule has 0 bridgehead atoms. The van der Waals surface area contributed by atoms with E-state index < -0.39 is 0 Å². The lowest BCUT2D eigenvalue weighted by molar-refractivity contribution is 0.312. The molecule has 0 aromatic carbocycles. The van der Waals surface area contributed by atoms with Crippen molar-refractivity contribution in [2.24, 2.45) is 7.05 Å². The number of hydrogen-bond acceptors (Lipinski definition) is 4. The molecule has 94 valence electrons. The molecule has 2 heterocycles. The molecule has 1 aromatic rings. The van der Waals surface area contributed by atoms with Gasteiger partial charge < -0.3 is 9.88 Å². The molecule has 0 radical (unpaired) electrons. The zero-order valence-corrected chi connectivity index (χ0v) is 10.6. The van der Waals surface area contributed by atoms with Gasteiger partial charge in [-0.2, -0.15) is 0 Å². The second-order valence-corrected chi connectivity index (χ2v) is 5.40. The van der Waals surface area contributed by atoms with Gasteiger partial charge in [-0.05, 0) is 26.2 Å². The van der Waals surface area contributed by atoms with Crippen molar-refractivity contribution in [1.29, 1.82) is 0 Å². The number of likely N-dealkylation sites (tertiary alicyclic amines) is 1. The van der Waals surface area contributed by atoms with Crippen molar-refractivity contribution < 1.29 is 0 Å². The highest BCUT2D eigenvalue weighted by Gasteiger charge is 2.34. The molecule has 1 aromatic heterocycles. The van der Waals surface area contributed by atoms with Crippen LogP contribution in [0.1, 0.15) is 38.1 Å². The van der Waals surface area contributed by atoms with E-state index in [9.17, 15) is 0 Å². The van der Waals surface area contributed by atoms with E-state index >= 15 is 0 Å². The van der Waals surface area contributed by atoms with Crippen molar-refractivity contribution >= 4 is 0 Å². The van der Waals surface area contributed by atoms with Crippen molar-refractivity contribution in [3.05, 3.63) is 12.2 Å². The summed E-state index contributed by atoms with van der Waals surface area (Å²) in [5, 5.41) is 11.8. The lowest BCUT2D eigenvalue weighted by Crippen LogP contribution is -2.35. The Balaban J connectivity index is 1.55. The molecule has 2 unspecified atom stereocenters. The van der Waals surface area contributed by atoms with Gasteiger partial charge in [0, 0.05) is 32.2 Å². The number of rotatable bonds is 4. The minimum atomic E-state index is 0.284. The van der Waals surface area contributed by atoms with Crippen LogP contribution in [0.2, 0.25) is 0 Å². The van der Waals surface area contributed by atoms with Gasteiger partial charge in [-0.25, -0.2) is 0 Å². The SMILES string of the molecule is CC(NC1CCN(C2CC2)C1)c1nncn1C. The van der Waals surface area contributed by atoms with Crippen molar-refractivity contribution in [3.63, 3.8) is 0 Å². The summed E-state index contributed by atoms with van der Waals surface area (Å²) in [5.41, 5.74) is 0. The van der Waals surface area contributed by atoms with Crippen LogP contribution in [-0.4, -0.2) is 44.8 Å². The maximum atomic E-state index is 4.16. The van der Waals surface area contributed by atoms with Crippen LogP contribution in [-0.2, 0) is 7.05 Å². The van der Waals surface area contributed by atoms with Crippen LogP contribution in [0.4, 0.5) is 0 Å². The average Bonchev–Trinajstić information content (AvgIpc) is 2.90. The van der Waals surface area contributed by atoms with Crippen LogP contribution in [0, 0.1) is 0 Å². The number of hydrogen-bond donors (Lipinski definition) is 1. The Labute approximate surface area is 102 Å². The Morgan fingerprint density at radius 1 is 1.41 bits per heavy atom. The van der Waals surface area contributed by atoms with E-state index in [1.165, 1.54) is 32.4 Å². The van der Waals surface area contributed by atoms with Gasteiger partial charge in [-0.15, -0.1) is 10.2 Å². The van der Waals surface area contributed by atoms with Crippen LogP contribution in [0.15, 0.2) is 6.33 Å². The van der Waals surface area contributed by atoms with Gasteiger partial charge in [0.05, 0.1) is 6.04 Å². The highest BCUT2D eigenvalue weighted by Crippen LogP contribution is 2.30. The minimum absolute atomic E-state index is 0.284. The second kappa shape index (κ2) is 4.38. The smallest absolute Gasteiger partial charge is 0.149 e. The van der Waals surface area contributed by atoms with Crippen molar-refractivity contribution in [1.82, 2.24) is 25.0 Å². The van der Waals surface area contributed by atoms with Crippen LogP contribution < -0.4 is 5.32 Å². The van der Waals surface area contributed by atoms with E-state index in [4.69, 9.17) is 0 Å². The summed E-state index contributed by atoms with van der Waals surface area (Å²) in [6, 6.07) is 1.79. The lowest BCUT2D eigenvalue weighted by atomic mass is 10.2. The monoisotopic (exact) mass is 235 g/mol. The fourth-order valence-electron chi connectivity index (χ4n) is 2.81. The van der Waals surface area contributed by atoms with E-state index in [1.807, 2.05) is 11.6 Å². The van der Waals surface area contributed by atoms with Gasteiger partial charge in [-0.3, -0.25) is 4.90 Å². The lowest BCUT2D eigenvalue weighted by Gasteiger charge is -2.19. The topological polar surface area (TPSA) is 46.0 Å². The molecule has 0 amide bonds. The largest absolute Gasteiger partial charge is 0.319 e. The maximum absolute atomic E-state index is 4.16. The normalized spacial score (nSPS) is 27.5. The summed E-state index contributed by atoms with van der Waals surface area (Å²) < 4.78 is 1.99. The first-order valence-electron chi connectivity index (χ1n) is 6.58. The molecule has 5 nitrogen and oxygen atoms in total. The predicted molar refractivity (Wildman–Crippen MR) is 65.6 cm³/mol. The first-order valence-corrected chi connectivity index (χ1v) is 6.58. The van der Waals surface area contributed by atoms with Crippen molar-refractivity contribution in [2.45, 2.75) is 44.3 Å². The van der Waals surface area contributed by atoms with Crippen molar-refractivity contribution in [2.75, 3.05) is 13.1 Å². The first-order chi connectivity index (χ1) is 8.24. The van der Waals surface area contributed by atoms with Gasteiger partial charge >= 0.3 is 0 Å². The third kappa shape index (κ3) is 2.35. The van der Waals surface area contributed by atoms with Crippen molar-refractivity contribution in [3.8, 4) is 0 Å². The van der Waals surface area contributed by atoms with E-state index in [0.717, 1.165) is 11.9 Å². The molecule has 2 fully saturated rings. The van der Waals surface area contributed by atoms with Crippen LogP contribution in [0.3, 0.4) is 0 Å². The molecule has 1 N–H and O–H groups in total. The average molecular weight is 235 g/mol. The zero-order chi connectivity index (χ0) is 11.8. The molecule has 3 rings (SSSR count). The van der Waals surface area contributed by atoms with Crippen LogP contribution in [0.5, 0.6) is 0 Å². The molecular formula is C12H21N5. The second-order valence-electron chi connectivity index (χ2n) is 5.40. The number of aromatic nitrogens is 3. The summed E-state index contributed by atoms with van der Waals surface area (Å²) in [6.07, 6.45) is 5.84. The van der Waals surface area contributed by atoms with E-state index in [1.54, 1.807) is 6.33 Å². The Kier molecular flexibility index (Phi) is 2.88. The molecule has 2 aliphatic rings. The molecule has 1 saturated heterocycles. The summed E-state index contributed by atoms with van der Waals surface area (Å²) in [4.78, 5) is 2.63. The Bertz CT molecular complexity index is 384. The minimum Gasteiger partial charge on any atom is -0.319 e. The maximum Gasteiger partial charge on any atom is 0.149 e. The standard InChI is InChI=1S/C12H21N5/c1-9(12-15-13-8-16(12)2)14-10-5-6-17(7-10)11-3-4-11/h8-11,14H,3-7H2,1-2H3. The molecular weight excluding hydrogens is 214 g/mol. The van der Waals surface area contributed by atoms with Crippen LogP contribution >= 0.6 is 0 Å². The molecule has 5 heteroatoms. The Hall–Kier alpha value is -0.940. The Morgan fingerprint density at radius 2 is 2.24 bits per heavy atom. The van der Waals surface area contributed by atoms with Gasteiger partial charge in [0.2, 0.25) is 0 Å². The van der Waals surface area contributed by atoms with Crippen LogP contribution in [0.25, 0.3) is 0 Å². The van der Waals surface area contributed by atoms with Gasteiger partial charge in [0.1, 0.15) is 12.2 Å². The third-order valence-electron chi connectivity index (χ3n) is 3.90. The highest BCUT2D eigenvalue weighted by atomic mass is 15.3. The zero-order valence-electron chi connectivity index (χ0n) is 10.6. The predicted octanol–water partition coefficient (Wildman–Crippen LogP) is 0.702. The van der Waals surface area contributed by atoms with E-state index in [2.05, 4.69) is 27.3 Å². The molecule has 1 saturated carbocycles. The number of nitrogens with one attached hydrogen (secondary N) is 1. The number of nitrogens with zero attached hydrogens (tertiary/aromatic N) is 4. The fraction of sp³-hybridized carbons (Fsp3) is 0.833. The quantitative estimate of drug-likeness (QED) is 0.834. The molecule has 2 atom stereocenters. The molecule has 0 spiro atoms. The summed E-state index contributed by atoms with van der Waals surface area (Å²) in [5.74, 6) is 1.02. The van der Waals surface area contributed by atoms with Gasteiger partial charge in [-0.1, -0.05) is 0 Å². The first kappa shape index (κ1) is 11.2. The Morgan fingerprint density at radius 3 is 2.88 bits per heavy atom. The fourth-order valence-corrected chi connectivity index (χ4v) is 2.81. The van der Waals surface area contributed by atoms with E-state index in [0.29, 0.717) is 6.04 Å². The van der Waals surface area contributed by atoms with E-state index in [-0.39, 0.29) is 6.04 Å². The molecule has 1 aliphatic carbocycles. The number of aryl methyl sites for hydroxylation is 1.